The van der Waals surface area contributed by atoms with E-state index in [2.05, 4.69) is 11.8 Å². The summed E-state index contributed by atoms with van der Waals surface area (Å²) in [5.41, 5.74) is 7.52. The minimum Gasteiger partial charge on any atom is -0.366 e. The molecule has 1 saturated carbocycles. The second-order valence-electron chi connectivity index (χ2n) is 4.48. The Hall–Kier alpha value is -1.09. The van der Waals surface area contributed by atoms with E-state index in [9.17, 15) is 4.39 Å². The van der Waals surface area contributed by atoms with E-state index < -0.39 is 0 Å². The lowest BCUT2D eigenvalue weighted by Gasteiger charge is -2.27. The Morgan fingerprint density at radius 1 is 1.50 bits per heavy atom. The number of anilines is 1. The monoisotopic (exact) mass is 222 g/mol. The zero-order chi connectivity index (χ0) is 11.7. The molecule has 88 valence electrons. The van der Waals surface area contributed by atoms with Crippen LogP contribution in [-0.2, 0) is 0 Å². The molecule has 0 unspecified atom stereocenters. The quantitative estimate of drug-likeness (QED) is 0.848. The first-order valence-electron chi connectivity index (χ1n) is 5.95. The molecular formula is C13H19FN2. The first-order chi connectivity index (χ1) is 7.65. The van der Waals surface area contributed by atoms with Crippen molar-refractivity contribution < 1.29 is 4.39 Å². The highest BCUT2D eigenvalue weighted by molar-refractivity contribution is 5.57. The molecule has 1 aliphatic rings. The highest BCUT2D eigenvalue weighted by atomic mass is 19.1. The van der Waals surface area contributed by atoms with Crippen LogP contribution in [0.25, 0.3) is 0 Å². The van der Waals surface area contributed by atoms with Gasteiger partial charge in [0.1, 0.15) is 5.82 Å². The van der Waals surface area contributed by atoms with Gasteiger partial charge in [-0.2, -0.15) is 0 Å². The third-order valence-electron chi connectivity index (χ3n) is 3.12. The van der Waals surface area contributed by atoms with Crippen molar-refractivity contribution in [3.63, 3.8) is 0 Å². The fraction of sp³-hybridized carbons (Fsp3) is 0.538. The summed E-state index contributed by atoms with van der Waals surface area (Å²) in [4.78, 5) is 2.15. The van der Waals surface area contributed by atoms with Crippen molar-refractivity contribution in [2.45, 2.75) is 38.8 Å². The number of benzene rings is 1. The predicted octanol–water partition coefficient (Wildman–Crippen LogP) is 2.83. The van der Waals surface area contributed by atoms with Crippen LogP contribution in [0.1, 0.15) is 38.3 Å². The molecule has 1 aliphatic carbocycles. The van der Waals surface area contributed by atoms with Gasteiger partial charge in [-0.15, -0.1) is 0 Å². The van der Waals surface area contributed by atoms with Crippen molar-refractivity contribution in [1.82, 2.24) is 0 Å². The largest absolute Gasteiger partial charge is 0.366 e. The molecular weight excluding hydrogens is 203 g/mol. The van der Waals surface area contributed by atoms with Crippen molar-refractivity contribution in [3.05, 3.63) is 29.6 Å². The fourth-order valence-electron chi connectivity index (χ4n) is 2.19. The molecule has 2 N–H and O–H groups in total. The van der Waals surface area contributed by atoms with Crippen molar-refractivity contribution >= 4 is 5.69 Å². The molecule has 2 nitrogen and oxygen atoms in total. The topological polar surface area (TPSA) is 29.3 Å². The summed E-state index contributed by atoms with van der Waals surface area (Å²) in [5.74, 6) is -0.149. The average Bonchev–Trinajstić information content (AvgIpc) is 3.05. The summed E-state index contributed by atoms with van der Waals surface area (Å²) in [6.07, 6.45) is 2.33. The van der Waals surface area contributed by atoms with E-state index in [4.69, 9.17) is 5.73 Å². The van der Waals surface area contributed by atoms with Gasteiger partial charge in [0, 0.05) is 18.6 Å². The molecule has 2 rings (SSSR count). The molecule has 3 heteroatoms. The van der Waals surface area contributed by atoms with Crippen LogP contribution in [0.5, 0.6) is 0 Å². The average molecular weight is 222 g/mol. The lowest BCUT2D eigenvalue weighted by Crippen LogP contribution is -2.28. The number of hydrogen-bond donors (Lipinski definition) is 1. The van der Waals surface area contributed by atoms with Gasteiger partial charge in [0.25, 0.3) is 0 Å². The smallest absolute Gasteiger partial charge is 0.146 e. The summed E-state index contributed by atoms with van der Waals surface area (Å²) in [6.45, 7) is 4.81. The van der Waals surface area contributed by atoms with E-state index in [-0.39, 0.29) is 11.9 Å². The summed E-state index contributed by atoms with van der Waals surface area (Å²) < 4.78 is 13.9. The Balaban J connectivity index is 2.43. The molecule has 0 bridgehead atoms. The molecule has 1 aromatic carbocycles. The van der Waals surface area contributed by atoms with Gasteiger partial charge in [-0.1, -0.05) is 12.1 Å². The normalized spacial score (nSPS) is 17.2. The van der Waals surface area contributed by atoms with E-state index in [0.717, 1.165) is 12.1 Å². The van der Waals surface area contributed by atoms with Crippen LogP contribution >= 0.6 is 0 Å². The van der Waals surface area contributed by atoms with Crippen LogP contribution in [0.2, 0.25) is 0 Å². The maximum Gasteiger partial charge on any atom is 0.146 e. The summed E-state index contributed by atoms with van der Waals surface area (Å²) in [6, 6.07) is 5.57. The molecule has 0 amide bonds. The number of hydrogen-bond acceptors (Lipinski definition) is 2. The molecule has 0 heterocycles. The zero-order valence-electron chi connectivity index (χ0n) is 9.91. The Morgan fingerprint density at radius 3 is 2.69 bits per heavy atom. The van der Waals surface area contributed by atoms with Crippen LogP contribution in [-0.4, -0.2) is 12.6 Å². The van der Waals surface area contributed by atoms with E-state index in [1.54, 1.807) is 6.07 Å². The van der Waals surface area contributed by atoms with Crippen molar-refractivity contribution in [2.24, 2.45) is 5.73 Å². The molecule has 0 radical (unpaired) electrons. The van der Waals surface area contributed by atoms with E-state index in [1.807, 2.05) is 13.0 Å². The minimum absolute atomic E-state index is 0.126. The SMILES string of the molecule is CCN(c1c(F)cccc1[C@H](C)N)C1CC1. The van der Waals surface area contributed by atoms with Crippen molar-refractivity contribution in [2.75, 3.05) is 11.4 Å². The second-order valence-corrected chi connectivity index (χ2v) is 4.48. The first-order valence-corrected chi connectivity index (χ1v) is 5.95. The van der Waals surface area contributed by atoms with Gasteiger partial charge in [-0.3, -0.25) is 0 Å². The Morgan fingerprint density at radius 2 is 2.19 bits per heavy atom. The van der Waals surface area contributed by atoms with Crippen LogP contribution in [0.4, 0.5) is 10.1 Å². The van der Waals surface area contributed by atoms with Gasteiger partial charge in [-0.05, 0) is 38.3 Å². The van der Waals surface area contributed by atoms with Crippen LogP contribution in [0.3, 0.4) is 0 Å². The molecule has 1 atom stereocenters. The second kappa shape index (κ2) is 4.42. The number of para-hydroxylation sites is 1. The summed E-state index contributed by atoms with van der Waals surface area (Å²) in [7, 11) is 0. The van der Waals surface area contributed by atoms with Gasteiger partial charge in [-0.25, -0.2) is 4.39 Å². The first kappa shape index (κ1) is 11.4. The fourth-order valence-corrected chi connectivity index (χ4v) is 2.19. The molecule has 1 aromatic rings. The Bertz CT molecular complexity index is 372. The summed E-state index contributed by atoms with van der Waals surface area (Å²) in [5, 5.41) is 0. The molecule has 0 saturated heterocycles. The van der Waals surface area contributed by atoms with Crippen molar-refractivity contribution in [1.29, 1.82) is 0 Å². The third kappa shape index (κ3) is 2.05. The summed E-state index contributed by atoms with van der Waals surface area (Å²) >= 11 is 0. The number of nitrogens with two attached hydrogens (primary N) is 1. The number of halogens is 1. The number of nitrogens with zero attached hydrogens (tertiary/aromatic N) is 1. The molecule has 0 aliphatic heterocycles. The molecule has 1 fully saturated rings. The van der Waals surface area contributed by atoms with Crippen LogP contribution in [0.15, 0.2) is 18.2 Å². The highest BCUT2D eigenvalue weighted by Gasteiger charge is 2.31. The standard InChI is InChI=1S/C13H19FN2/c1-3-16(10-7-8-10)13-11(9(2)15)5-4-6-12(13)14/h4-6,9-10H,3,7-8,15H2,1-2H3/t9-/m0/s1. The van der Waals surface area contributed by atoms with Crippen LogP contribution < -0.4 is 10.6 Å². The lowest BCUT2D eigenvalue weighted by atomic mass is 10.1. The lowest BCUT2D eigenvalue weighted by molar-refractivity contribution is 0.610. The van der Waals surface area contributed by atoms with Gasteiger partial charge < -0.3 is 10.6 Å². The van der Waals surface area contributed by atoms with Gasteiger partial charge >= 0.3 is 0 Å². The zero-order valence-corrected chi connectivity index (χ0v) is 9.91. The van der Waals surface area contributed by atoms with Crippen molar-refractivity contribution in [3.8, 4) is 0 Å². The molecule has 0 spiro atoms. The number of rotatable bonds is 4. The van der Waals surface area contributed by atoms with Gasteiger partial charge in [0.05, 0.1) is 5.69 Å². The Kier molecular flexibility index (Phi) is 3.15. The molecule has 0 aromatic heterocycles. The molecule has 16 heavy (non-hydrogen) atoms. The highest BCUT2D eigenvalue weighted by Crippen LogP contribution is 2.36. The van der Waals surface area contributed by atoms with E-state index in [0.29, 0.717) is 11.7 Å². The van der Waals surface area contributed by atoms with E-state index in [1.165, 1.54) is 18.9 Å². The maximum absolute atomic E-state index is 13.9. The third-order valence-corrected chi connectivity index (χ3v) is 3.12. The predicted molar refractivity (Wildman–Crippen MR) is 65.0 cm³/mol. The van der Waals surface area contributed by atoms with Gasteiger partial charge in [0.2, 0.25) is 0 Å². The Labute approximate surface area is 96.2 Å². The van der Waals surface area contributed by atoms with E-state index >= 15 is 0 Å². The van der Waals surface area contributed by atoms with Crippen LogP contribution in [0, 0.1) is 5.82 Å². The minimum atomic E-state index is -0.149. The van der Waals surface area contributed by atoms with Gasteiger partial charge in [0.15, 0.2) is 0 Å². The maximum atomic E-state index is 13.9.